The summed E-state index contributed by atoms with van der Waals surface area (Å²) >= 11 is 5.96. The lowest BCUT2D eigenvalue weighted by Crippen LogP contribution is -2.03. The van der Waals surface area contributed by atoms with Crippen LogP contribution in [0, 0.1) is 6.92 Å². The minimum absolute atomic E-state index is 0.361. The van der Waals surface area contributed by atoms with Crippen molar-refractivity contribution in [1.29, 1.82) is 0 Å². The van der Waals surface area contributed by atoms with Gasteiger partial charge in [0.25, 0.3) is 0 Å². The zero-order chi connectivity index (χ0) is 14.1. The molecule has 0 saturated heterocycles. The van der Waals surface area contributed by atoms with Gasteiger partial charge >= 0.3 is 0 Å². The Morgan fingerprint density at radius 2 is 2.00 bits per heavy atom. The summed E-state index contributed by atoms with van der Waals surface area (Å²) in [5, 5.41) is 11.2. The van der Waals surface area contributed by atoms with Gasteiger partial charge in [-0.25, -0.2) is 0 Å². The van der Waals surface area contributed by atoms with Gasteiger partial charge < -0.3 is 9.84 Å². The molecule has 1 saturated carbocycles. The minimum atomic E-state index is -0.657. The topological polar surface area (TPSA) is 29.5 Å². The highest BCUT2D eigenvalue weighted by molar-refractivity contribution is 6.30. The molecule has 1 atom stereocenters. The summed E-state index contributed by atoms with van der Waals surface area (Å²) < 4.78 is 5.77. The quantitative estimate of drug-likeness (QED) is 0.910. The van der Waals surface area contributed by atoms with E-state index < -0.39 is 6.10 Å². The average molecular weight is 289 g/mol. The lowest BCUT2D eigenvalue weighted by molar-refractivity contribution is 0.218. The van der Waals surface area contributed by atoms with Crippen LogP contribution in [0.3, 0.4) is 0 Å². The summed E-state index contributed by atoms with van der Waals surface area (Å²) in [6, 6.07) is 13.2. The molecule has 2 aromatic rings. The van der Waals surface area contributed by atoms with Gasteiger partial charge in [-0.2, -0.15) is 0 Å². The molecule has 0 heterocycles. The lowest BCUT2D eigenvalue weighted by atomic mass is 9.97. The third-order valence-electron chi connectivity index (χ3n) is 3.53. The van der Waals surface area contributed by atoms with E-state index in [0.29, 0.717) is 11.1 Å². The summed E-state index contributed by atoms with van der Waals surface area (Å²) in [5.41, 5.74) is 2.70. The maximum Gasteiger partial charge on any atom is 0.120 e. The van der Waals surface area contributed by atoms with Crippen LogP contribution < -0.4 is 4.74 Å². The van der Waals surface area contributed by atoms with Crippen molar-refractivity contribution in [2.75, 3.05) is 0 Å². The smallest absolute Gasteiger partial charge is 0.120 e. The first kappa shape index (κ1) is 13.5. The molecule has 0 aliphatic heterocycles. The second-order valence-electron chi connectivity index (χ2n) is 5.29. The van der Waals surface area contributed by atoms with Gasteiger partial charge in [-0.15, -0.1) is 0 Å². The maximum absolute atomic E-state index is 10.5. The molecule has 2 nitrogen and oxygen atoms in total. The van der Waals surface area contributed by atoms with Gasteiger partial charge in [0.1, 0.15) is 11.9 Å². The molecule has 1 unspecified atom stereocenters. The molecule has 1 aliphatic rings. The number of halogens is 1. The van der Waals surface area contributed by atoms with Gasteiger partial charge in [0.05, 0.1) is 6.10 Å². The predicted octanol–water partition coefficient (Wildman–Crippen LogP) is 4.27. The molecule has 2 aromatic carbocycles. The highest BCUT2D eigenvalue weighted by Gasteiger charge is 2.23. The average Bonchev–Trinajstić information content (AvgIpc) is 3.22. The summed E-state index contributed by atoms with van der Waals surface area (Å²) in [5.74, 6) is 0.829. The number of rotatable bonds is 4. The molecule has 3 rings (SSSR count). The minimum Gasteiger partial charge on any atom is -0.490 e. The number of hydrogen-bond donors (Lipinski definition) is 1. The van der Waals surface area contributed by atoms with Crippen LogP contribution in [0.2, 0.25) is 5.02 Å². The van der Waals surface area contributed by atoms with Crippen LogP contribution in [0.5, 0.6) is 5.75 Å². The summed E-state index contributed by atoms with van der Waals surface area (Å²) in [4.78, 5) is 0. The Morgan fingerprint density at radius 1 is 1.20 bits per heavy atom. The fraction of sp³-hybridized carbons (Fsp3) is 0.294. The standard InChI is InChI=1S/C17H17ClO2/c1-11-9-13(18)5-8-16(11)17(19)12-3-2-4-15(10-12)20-14-6-7-14/h2-5,8-10,14,17,19H,6-7H2,1H3. The van der Waals surface area contributed by atoms with Crippen LogP contribution in [0.1, 0.15) is 35.6 Å². The van der Waals surface area contributed by atoms with E-state index in [4.69, 9.17) is 16.3 Å². The number of aliphatic hydroxyl groups excluding tert-OH is 1. The number of hydrogen-bond acceptors (Lipinski definition) is 2. The highest BCUT2D eigenvalue weighted by Crippen LogP contribution is 2.31. The van der Waals surface area contributed by atoms with Gasteiger partial charge in [0.2, 0.25) is 0 Å². The monoisotopic (exact) mass is 288 g/mol. The van der Waals surface area contributed by atoms with E-state index in [1.165, 1.54) is 0 Å². The zero-order valence-corrected chi connectivity index (χ0v) is 12.1. The third-order valence-corrected chi connectivity index (χ3v) is 3.76. The lowest BCUT2D eigenvalue weighted by Gasteiger charge is -2.15. The molecule has 1 N–H and O–H groups in total. The second kappa shape index (κ2) is 5.47. The van der Waals surface area contributed by atoms with E-state index in [1.54, 1.807) is 6.07 Å². The van der Waals surface area contributed by atoms with Crippen LogP contribution in [0.4, 0.5) is 0 Å². The van der Waals surface area contributed by atoms with Crippen molar-refractivity contribution in [3.05, 3.63) is 64.2 Å². The maximum atomic E-state index is 10.5. The Labute approximate surface area is 124 Å². The highest BCUT2D eigenvalue weighted by atomic mass is 35.5. The van der Waals surface area contributed by atoms with Crippen LogP contribution in [0.25, 0.3) is 0 Å². The molecule has 0 radical (unpaired) electrons. The largest absolute Gasteiger partial charge is 0.490 e. The number of aliphatic hydroxyl groups is 1. The van der Waals surface area contributed by atoms with Crippen molar-refractivity contribution >= 4 is 11.6 Å². The van der Waals surface area contributed by atoms with Crippen LogP contribution in [0.15, 0.2) is 42.5 Å². The van der Waals surface area contributed by atoms with E-state index in [1.807, 2.05) is 43.3 Å². The van der Waals surface area contributed by atoms with Gasteiger partial charge in [-0.3, -0.25) is 0 Å². The number of aryl methyl sites for hydroxylation is 1. The first-order chi connectivity index (χ1) is 9.63. The first-order valence-corrected chi connectivity index (χ1v) is 7.22. The normalized spacial score (nSPS) is 15.9. The van der Waals surface area contributed by atoms with Gasteiger partial charge in [0, 0.05) is 5.02 Å². The Bertz CT molecular complexity index is 620. The van der Waals surface area contributed by atoms with Crippen molar-refractivity contribution in [2.45, 2.75) is 32.0 Å². The van der Waals surface area contributed by atoms with Crippen molar-refractivity contribution in [3.63, 3.8) is 0 Å². The third kappa shape index (κ3) is 2.97. The van der Waals surface area contributed by atoms with E-state index in [-0.39, 0.29) is 0 Å². The molecule has 20 heavy (non-hydrogen) atoms. The molecule has 0 bridgehead atoms. The fourth-order valence-corrected chi connectivity index (χ4v) is 2.49. The molecule has 0 spiro atoms. The number of ether oxygens (including phenoxy) is 1. The van der Waals surface area contributed by atoms with E-state index in [2.05, 4.69) is 0 Å². The number of benzene rings is 2. The van der Waals surface area contributed by atoms with Crippen molar-refractivity contribution in [2.24, 2.45) is 0 Å². The van der Waals surface area contributed by atoms with Gasteiger partial charge in [0.15, 0.2) is 0 Å². The SMILES string of the molecule is Cc1cc(Cl)ccc1C(O)c1cccc(OC2CC2)c1. The van der Waals surface area contributed by atoms with Crippen LogP contribution in [-0.4, -0.2) is 11.2 Å². The molecule has 1 fully saturated rings. The predicted molar refractivity (Wildman–Crippen MR) is 80.3 cm³/mol. The van der Waals surface area contributed by atoms with Gasteiger partial charge in [-0.1, -0.05) is 29.8 Å². The van der Waals surface area contributed by atoms with E-state index >= 15 is 0 Å². The Morgan fingerprint density at radius 3 is 2.70 bits per heavy atom. The Balaban J connectivity index is 1.86. The van der Waals surface area contributed by atoms with Crippen LogP contribution >= 0.6 is 11.6 Å². The second-order valence-corrected chi connectivity index (χ2v) is 5.73. The Hall–Kier alpha value is -1.51. The Kier molecular flexibility index (Phi) is 3.68. The molecular formula is C17H17ClO2. The molecule has 0 amide bonds. The molecule has 3 heteroatoms. The first-order valence-electron chi connectivity index (χ1n) is 6.84. The molecule has 1 aliphatic carbocycles. The molecule has 0 aromatic heterocycles. The van der Waals surface area contributed by atoms with Crippen molar-refractivity contribution in [3.8, 4) is 5.75 Å². The molecular weight excluding hydrogens is 272 g/mol. The van der Waals surface area contributed by atoms with Crippen LogP contribution in [-0.2, 0) is 0 Å². The van der Waals surface area contributed by atoms with Crippen molar-refractivity contribution in [1.82, 2.24) is 0 Å². The fourth-order valence-electron chi connectivity index (χ4n) is 2.26. The van der Waals surface area contributed by atoms with E-state index in [0.717, 1.165) is 35.3 Å². The van der Waals surface area contributed by atoms with E-state index in [9.17, 15) is 5.11 Å². The summed E-state index contributed by atoms with van der Waals surface area (Å²) in [7, 11) is 0. The zero-order valence-electron chi connectivity index (χ0n) is 11.3. The summed E-state index contributed by atoms with van der Waals surface area (Å²) in [6.07, 6.45) is 1.96. The molecule has 104 valence electrons. The van der Waals surface area contributed by atoms with Gasteiger partial charge in [-0.05, 0) is 60.7 Å². The van der Waals surface area contributed by atoms with Crippen molar-refractivity contribution < 1.29 is 9.84 Å². The summed E-state index contributed by atoms with van der Waals surface area (Å²) in [6.45, 7) is 1.95.